The Morgan fingerprint density at radius 3 is 2.45 bits per heavy atom. The first-order valence-electron chi connectivity index (χ1n) is 9.26. The Bertz CT molecular complexity index is 883. The van der Waals surface area contributed by atoms with E-state index in [4.69, 9.17) is 9.47 Å². The van der Waals surface area contributed by atoms with Gasteiger partial charge in [0, 0.05) is 21.5 Å². The van der Waals surface area contributed by atoms with E-state index in [9.17, 15) is 9.59 Å². The van der Waals surface area contributed by atoms with Gasteiger partial charge in [-0.1, -0.05) is 34.1 Å². The van der Waals surface area contributed by atoms with Gasteiger partial charge in [-0.15, -0.1) is 0 Å². The van der Waals surface area contributed by atoms with Gasteiger partial charge in [-0.2, -0.15) is 0 Å². The fourth-order valence-corrected chi connectivity index (χ4v) is 4.27. The second-order valence-corrected chi connectivity index (χ2v) is 8.43. The Balaban J connectivity index is 1.85. The third kappa shape index (κ3) is 5.42. The van der Waals surface area contributed by atoms with Gasteiger partial charge in [0.05, 0.1) is 26.1 Å². The van der Waals surface area contributed by atoms with Gasteiger partial charge in [0.2, 0.25) is 5.91 Å². The molecule has 1 heterocycles. The van der Waals surface area contributed by atoms with Crippen molar-refractivity contribution >= 4 is 39.8 Å². The molecule has 2 atom stereocenters. The molecule has 0 fully saturated rings. The number of carbonyl (C=O) groups excluding carboxylic acids is 2. The lowest BCUT2D eigenvalue weighted by molar-refractivity contribution is -0.147. The molecule has 0 saturated carbocycles. The van der Waals surface area contributed by atoms with Crippen molar-refractivity contribution in [2.75, 3.05) is 13.7 Å². The second-order valence-electron chi connectivity index (χ2n) is 6.47. The van der Waals surface area contributed by atoms with E-state index in [0.717, 1.165) is 20.7 Å². The van der Waals surface area contributed by atoms with Crippen molar-refractivity contribution in [2.45, 2.75) is 24.2 Å². The highest BCUT2D eigenvalue weighted by atomic mass is 79.9. The second kappa shape index (κ2) is 9.98. The quantitative estimate of drug-likeness (QED) is 0.408. The molecule has 0 radical (unpaired) electrons. The molecular formula is C22H22BrNO4S. The molecule has 0 aliphatic carbocycles. The third-order valence-electron chi connectivity index (χ3n) is 4.61. The van der Waals surface area contributed by atoms with Crippen LogP contribution in [-0.4, -0.2) is 29.9 Å². The van der Waals surface area contributed by atoms with E-state index in [-0.39, 0.29) is 24.2 Å². The number of benzene rings is 2. The summed E-state index contributed by atoms with van der Waals surface area (Å²) in [6.45, 7) is 2.06. The maximum Gasteiger partial charge on any atom is 0.306 e. The Morgan fingerprint density at radius 2 is 1.83 bits per heavy atom. The van der Waals surface area contributed by atoms with E-state index in [1.165, 1.54) is 11.9 Å². The molecule has 7 heteroatoms. The van der Waals surface area contributed by atoms with Gasteiger partial charge < -0.3 is 9.47 Å². The van der Waals surface area contributed by atoms with Crippen LogP contribution in [0.2, 0.25) is 0 Å². The number of halogens is 1. The van der Waals surface area contributed by atoms with E-state index >= 15 is 0 Å². The molecule has 152 valence electrons. The molecule has 0 bridgehead atoms. The summed E-state index contributed by atoms with van der Waals surface area (Å²) in [6, 6.07) is 15.3. The lowest BCUT2D eigenvalue weighted by Gasteiger charge is -2.32. The van der Waals surface area contributed by atoms with Gasteiger partial charge in [-0.25, -0.2) is 0 Å². The molecule has 1 aliphatic heterocycles. The number of esters is 1. The summed E-state index contributed by atoms with van der Waals surface area (Å²) < 4.78 is 12.8. The molecule has 2 aromatic rings. The maximum absolute atomic E-state index is 13.3. The molecule has 0 aromatic heterocycles. The van der Waals surface area contributed by atoms with Crippen molar-refractivity contribution in [1.29, 1.82) is 0 Å². The predicted octanol–water partition coefficient (Wildman–Crippen LogP) is 5.17. The molecule has 29 heavy (non-hydrogen) atoms. The first kappa shape index (κ1) is 21.5. The first-order valence-corrected chi connectivity index (χ1v) is 10.8. The number of methoxy groups -OCH3 is 1. The van der Waals surface area contributed by atoms with Crippen LogP contribution in [0.25, 0.3) is 0 Å². The number of carbonyl (C=O) groups is 2. The highest BCUT2D eigenvalue weighted by Crippen LogP contribution is 2.38. The van der Waals surface area contributed by atoms with Gasteiger partial charge in [-0.05, 0) is 60.8 Å². The van der Waals surface area contributed by atoms with Crippen LogP contribution in [0.15, 0.2) is 70.2 Å². The van der Waals surface area contributed by atoms with E-state index in [2.05, 4.69) is 15.9 Å². The van der Waals surface area contributed by atoms with E-state index in [0.29, 0.717) is 6.61 Å². The fourth-order valence-electron chi connectivity index (χ4n) is 3.16. The highest BCUT2D eigenvalue weighted by molar-refractivity contribution is 9.10. The summed E-state index contributed by atoms with van der Waals surface area (Å²) in [5.74, 6) is -0.434. The van der Waals surface area contributed by atoms with Crippen LogP contribution in [0.5, 0.6) is 5.75 Å². The smallest absolute Gasteiger partial charge is 0.306 e. The molecular weight excluding hydrogens is 454 g/mol. The number of hydrogen-bond acceptors (Lipinski definition) is 5. The lowest BCUT2D eigenvalue weighted by atomic mass is 9.81. The molecule has 3 rings (SSSR count). The summed E-state index contributed by atoms with van der Waals surface area (Å²) >= 11 is 4.75. The highest BCUT2D eigenvalue weighted by Gasteiger charge is 2.36. The standard InChI is InChI=1S/C22H22BrNO4S/c1-3-28-21(25)14-20-19(15-4-6-16(23)7-5-15)12-13-24(22(20)26)29-18-10-8-17(27-2)9-11-18/h4-13,19-20H,3,14H2,1-2H3. The normalized spacial score (nSPS) is 18.6. The van der Waals surface area contributed by atoms with Crippen LogP contribution < -0.4 is 4.74 Å². The lowest BCUT2D eigenvalue weighted by Crippen LogP contribution is -2.36. The summed E-state index contributed by atoms with van der Waals surface area (Å²) in [6.07, 6.45) is 3.80. The molecule has 1 amide bonds. The van der Waals surface area contributed by atoms with Gasteiger partial charge in [0.15, 0.2) is 0 Å². The molecule has 0 spiro atoms. The van der Waals surface area contributed by atoms with Crippen molar-refractivity contribution < 1.29 is 19.1 Å². The minimum absolute atomic E-state index is 0.0391. The van der Waals surface area contributed by atoms with Crippen molar-refractivity contribution in [1.82, 2.24) is 4.31 Å². The zero-order valence-corrected chi connectivity index (χ0v) is 18.6. The van der Waals surface area contributed by atoms with Crippen LogP contribution in [0, 0.1) is 5.92 Å². The number of ether oxygens (including phenoxy) is 2. The zero-order valence-electron chi connectivity index (χ0n) is 16.2. The van der Waals surface area contributed by atoms with Gasteiger partial charge in [0.25, 0.3) is 0 Å². The topological polar surface area (TPSA) is 55.8 Å². The number of amides is 1. The van der Waals surface area contributed by atoms with E-state index in [1.807, 2.05) is 54.6 Å². The van der Waals surface area contributed by atoms with Gasteiger partial charge in [-0.3, -0.25) is 13.9 Å². The molecule has 1 aliphatic rings. The van der Waals surface area contributed by atoms with Crippen LogP contribution in [0.4, 0.5) is 0 Å². The summed E-state index contributed by atoms with van der Waals surface area (Å²) in [5, 5.41) is 0. The first-order chi connectivity index (χ1) is 14.0. The Morgan fingerprint density at radius 1 is 1.14 bits per heavy atom. The molecule has 0 saturated heterocycles. The molecule has 5 nitrogen and oxygen atoms in total. The SMILES string of the molecule is CCOC(=O)CC1C(=O)N(Sc2ccc(OC)cc2)C=CC1c1ccc(Br)cc1. The predicted molar refractivity (Wildman–Crippen MR) is 116 cm³/mol. The fraction of sp³-hybridized carbons (Fsp3) is 0.273. The summed E-state index contributed by atoms with van der Waals surface area (Å²) in [7, 11) is 1.61. The number of rotatable bonds is 7. The minimum Gasteiger partial charge on any atom is -0.497 e. The molecule has 0 N–H and O–H groups in total. The van der Waals surface area contributed by atoms with Gasteiger partial charge >= 0.3 is 5.97 Å². The van der Waals surface area contributed by atoms with Crippen molar-refractivity contribution in [2.24, 2.45) is 5.92 Å². The zero-order chi connectivity index (χ0) is 20.8. The average molecular weight is 476 g/mol. The van der Waals surface area contributed by atoms with Crippen molar-refractivity contribution in [3.8, 4) is 5.75 Å². The Kier molecular flexibility index (Phi) is 7.39. The van der Waals surface area contributed by atoms with E-state index < -0.39 is 5.92 Å². The largest absolute Gasteiger partial charge is 0.497 e. The minimum atomic E-state index is -0.522. The monoisotopic (exact) mass is 475 g/mol. The number of nitrogens with zero attached hydrogens (tertiary/aromatic N) is 1. The third-order valence-corrected chi connectivity index (χ3v) is 6.12. The van der Waals surface area contributed by atoms with Crippen molar-refractivity contribution in [3.63, 3.8) is 0 Å². The van der Waals surface area contributed by atoms with Crippen LogP contribution in [-0.2, 0) is 14.3 Å². The Labute approximate surface area is 183 Å². The van der Waals surface area contributed by atoms with Crippen LogP contribution in [0.3, 0.4) is 0 Å². The van der Waals surface area contributed by atoms with Crippen LogP contribution >= 0.6 is 27.9 Å². The van der Waals surface area contributed by atoms with Crippen molar-refractivity contribution in [3.05, 3.63) is 70.8 Å². The molecule has 2 unspecified atom stereocenters. The summed E-state index contributed by atoms with van der Waals surface area (Å²) in [5.41, 5.74) is 0.987. The van der Waals surface area contributed by atoms with Crippen LogP contribution in [0.1, 0.15) is 24.8 Å². The average Bonchev–Trinajstić information content (AvgIpc) is 2.72. The molecule has 2 aromatic carbocycles. The van der Waals surface area contributed by atoms with E-state index in [1.54, 1.807) is 24.5 Å². The summed E-state index contributed by atoms with van der Waals surface area (Å²) in [4.78, 5) is 26.3. The number of hydrogen-bond donors (Lipinski definition) is 0. The van der Waals surface area contributed by atoms with Gasteiger partial charge in [0.1, 0.15) is 5.75 Å². The maximum atomic E-state index is 13.3. The Hall–Kier alpha value is -2.25. The number of allylic oxidation sites excluding steroid dienone is 1.